The molecule has 0 aliphatic heterocycles. The molecule has 0 amide bonds. The first-order valence-electron chi connectivity index (χ1n) is 7.79. The molecule has 0 aromatic rings. The zero-order valence-corrected chi connectivity index (χ0v) is 12.1. The summed E-state index contributed by atoms with van der Waals surface area (Å²) >= 11 is 0. The molecule has 0 aromatic carbocycles. The van der Waals surface area contributed by atoms with E-state index in [2.05, 4.69) is 5.48 Å². The predicted molar refractivity (Wildman–Crippen MR) is 75.5 cm³/mol. The summed E-state index contributed by atoms with van der Waals surface area (Å²) < 4.78 is 4.98. The molecule has 1 fully saturated rings. The minimum atomic E-state index is 0.543. The van der Waals surface area contributed by atoms with E-state index in [1.54, 1.807) is 7.11 Å². The van der Waals surface area contributed by atoms with E-state index in [0.717, 1.165) is 0 Å². The third-order valence-corrected chi connectivity index (χ3v) is 3.74. The Kier molecular flexibility index (Phi) is 10.6. The first-order valence-corrected chi connectivity index (χ1v) is 7.79. The van der Waals surface area contributed by atoms with Crippen LogP contribution in [0.4, 0.5) is 0 Å². The van der Waals surface area contributed by atoms with Gasteiger partial charge in [-0.25, -0.2) is 0 Å². The van der Waals surface area contributed by atoms with E-state index in [9.17, 15) is 0 Å². The summed E-state index contributed by atoms with van der Waals surface area (Å²) in [4.78, 5) is 5.46. The van der Waals surface area contributed by atoms with Gasteiger partial charge in [0.2, 0.25) is 0 Å². The molecule has 1 saturated carbocycles. The average molecular weight is 257 g/mol. The molecular formula is C15H31NO2. The number of nitrogens with one attached hydrogen (secondary N) is 1. The maximum absolute atomic E-state index is 5.46. The van der Waals surface area contributed by atoms with Crippen LogP contribution < -0.4 is 5.48 Å². The van der Waals surface area contributed by atoms with Crippen molar-refractivity contribution in [2.24, 2.45) is 0 Å². The standard InChI is InChI=1S/C15H31NO2/c1-17-13-14-18-16-15-11-9-7-5-3-2-4-6-8-10-12-15/h15-16H,2-14H2,1H3. The van der Waals surface area contributed by atoms with E-state index < -0.39 is 0 Å². The van der Waals surface area contributed by atoms with Crippen molar-refractivity contribution in [2.45, 2.75) is 76.7 Å². The Bertz CT molecular complexity index is 161. The number of hydroxylamine groups is 1. The second-order valence-electron chi connectivity index (χ2n) is 5.42. The van der Waals surface area contributed by atoms with Crippen molar-refractivity contribution in [1.82, 2.24) is 5.48 Å². The molecule has 3 nitrogen and oxygen atoms in total. The Balaban J connectivity index is 2.14. The monoisotopic (exact) mass is 257 g/mol. The first kappa shape index (κ1) is 15.9. The van der Waals surface area contributed by atoms with Gasteiger partial charge in [0.15, 0.2) is 0 Å². The Labute approximate surface area is 113 Å². The molecular weight excluding hydrogens is 226 g/mol. The van der Waals surface area contributed by atoms with Crippen LogP contribution in [0.5, 0.6) is 0 Å². The molecule has 0 atom stereocenters. The molecule has 1 rings (SSSR count). The van der Waals surface area contributed by atoms with Crippen LogP contribution in [-0.4, -0.2) is 26.4 Å². The molecule has 1 N–H and O–H groups in total. The zero-order chi connectivity index (χ0) is 12.9. The van der Waals surface area contributed by atoms with Crippen LogP contribution in [0, 0.1) is 0 Å². The Hall–Kier alpha value is -0.120. The number of rotatable bonds is 5. The van der Waals surface area contributed by atoms with E-state index in [1.807, 2.05) is 0 Å². The van der Waals surface area contributed by atoms with Crippen molar-refractivity contribution in [3.8, 4) is 0 Å². The topological polar surface area (TPSA) is 30.5 Å². The van der Waals surface area contributed by atoms with Crippen molar-refractivity contribution in [3.05, 3.63) is 0 Å². The summed E-state index contributed by atoms with van der Waals surface area (Å²) in [6, 6.07) is 0.543. The Morgan fingerprint density at radius 1 is 0.778 bits per heavy atom. The van der Waals surface area contributed by atoms with E-state index in [-0.39, 0.29) is 0 Å². The number of methoxy groups -OCH3 is 1. The molecule has 0 unspecified atom stereocenters. The van der Waals surface area contributed by atoms with Crippen molar-refractivity contribution in [1.29, 1.82) is 0 Å². The highest BCUT2D eigenvalue weighted by atomic mass is 16.7. The van der Waals surface area contributed by atoms with Crippen molar-refractivity contribution < 1.29 is 9.57 Å². The summed E-state index contributed by atoms with van der Waals surface area (Å²) in [5.41, 5.74) is 3.23. The summed E-state index contributed by atoms with van der Waals surface area (Å²) in [7, 11) is 1.71. The van der Waals surface area contributed by atoms with Crippen LogP contribution in [0.3, 0.4) is 0 Å². The first-order chi connectivity index (χ1) is 8.93. The van der Waals surface area contributed by atoms with Gasteiger partial charge in [-0.05, 0) is 12.8 Å². The van der Waals surface area contributed by atoms with Gasteiger partial charge in [-0.2, -0.15) is 5.48 Å². The smallest absolute Gasteiger partial charge is 0.0915 e. The molecule has 3 heteroatoms. The van der Waals surface area contributed by atoms with Gasteiger partial charge in [0, 0.05) is 13.2 Å². The van der Waals surface area contributed by atoms with Gasteiger partial charge in [0.25, 0.3) is 0 Å². The van der Waals surface area contributed by atoms with Crippen LogP contribution >= 0.6 is 0 Å². The van der Waals surface area contributed by atoms with E-state index in [4.69, 9.17) is 9.57 Å². The molecule has 18 heavy (non-hydrogen) atoms. The minimum Gasteiger partial charge on any atom is -0.382 e. The lowest BCUT2D eigenvalue weighted by atomic mass is 9.98. The van der Waals surface area contributed by atoms with Crippen molar-refractivity contribution in [3.63, 3.8) is 0 Å². The van der Waals surface area contributed by atoms with E-state index >= 15 is 0 Å². The van der Waals surface area contributed by atoms with Crippen LogP contribution in [0.15, 0.2) is 0 Å². The third-order valence-electron chi connectivity index (χ3n) is 3.74. The van der Waals surface area contributed by atoms with Crippen LogP contribution in [0.1, 0.15) is 70.6 Å². The van der Waals surface area contributed by atoms with Crippen LogP contribution in [0.2, 0.25) is 0 Å². The highest BCUT2D eigenvalue weighted by Crippen LogP contribution is 2.16. The second-order valence-corrected chi connectivity index (χ2v) is 5.42. The van der Waals surface area contributed by atoms with Gasteiger partial charge >= 0.3 is 0 Å². The van der Waals surface area contributed by atoms with Crippen LogP contribution in [0.25, 0.3) is 0 Å². The molecule has 1 aliphatic rings. The summed E-state index contributed by atoms with van der Waals surface area (Å²) in [5, 5.41) is 0. The van der Waals surface area contributed by atoms with Gasteiger partial charge in [0.1, 0.15) is 0 Å². The van der Waals surface area contributed by atoms with Crippen molar-refractivity contribution >= 4 is 0 Å². The third kappa shape index (κ3) is 8.90. The number of ether oxygens (including phenoxy) is 1. The molecule has 108 valence electrons. The lowest BCUT2D eigenvalue weighted by molar-refractivity contribution is -0.0156. The van der Waals surface area contributed by atoms with Gasteiger partial charge < -0.3 is 4.74 Å². The molecule has 0 spiro atoms. The maximum atomic E-state index is 5.46. The lowest BCUT2D eigenvalue weighted by Crippen LogP contribution is -2.30. The minimum absolute atomic E-state index is 0.543. The highest BCUT2D eigenvalue weighted by molar-refractivity contribution is 4.64. The van der Waals surface area contributed by atoms with E-state index in [0.29, 0.717) is 19.3 Å². The Morgan fingerprint density at radius 2 is 1.28 bits per heavy atom. The lowest BCUT2D eigenvalue weighted by Gasteiger charge is -2.19. The molecule has 0 radical (unpaired) electrons. The Morgan fingerprint density at radius 3 is 1.78 bits per heavy atom. The van der Waals surface area contributed by atoms with Crippen molar-refractivity contribution in [2.75, 3.05) is 20.3 Å². The fourth-order valence-corrected chi connectivity index (χ4v) is 2.58. The second kappa shape index (κ2) is 11.9. The normalized spacial score (nSPS) is 21.2. The molecule has 0 aromatic heterocycles. The molecule has 1 aliphatic carbocycles. The summed E-state index contributed by atoms with van der Waals surface area (Å²) in [6.45, 7) is 1.31. The predicted octanol–water partition coefficient (Wildman–Crippen LogP) is 3.83. The molecule has 0 saturated heterocycles. The fourth-order valence-electron chi connectivity index (χ4n) is 2.58. The average Bonchev–Trinajstić information content (AvgIpc) is 2.37. The van der Waals surface area contributed by atoms with Gasteiger partial charge in [-0.15, -0.1) is 0 Å². The fraction of sp³-hybridized carbons (Fsp3) is 1.00. The quantitative estimate of drug-likeness (QED) is 0.600. The number of hydrogen-bond acceptors (Lipinski definition) is 3. The number of hydrogen-bond donors (Lipinski definition) is 1. The molecule has 0 heterocycles. The van der Waals surface area contributed by atoms with Crippen LogP contribution in [-0.2, 0) is 9.57 Å². The SMILES string of the molecule is COCCONC1CCCCCCCCCCC1. The maximum Gasteiger partial charge on any atom is 0.0915 e. The van der Waals surface area contributed by atoms with Gasteiger partial charge in [-0.3, -0.25) is 4.84 Å². The largest absolute Gasteiger partial charge is 0.382 e. The highest BCUT2D eigenvalue weighted by Gasteiger charge is 2.09. The van der Waals surface area contributed by atoms with Gasteiger partial charge in [0.05, 0.1) is 13.2 Å². The van der Waals surface area contributed by atoms with E-state index in [1.165, 1.54) is 70.6 Å². The summed E-state index contributed by atoms with van der Waals surface area (Å²) in [6.07, 6.45) is 15.1. The molecule has 0 bridgehead atoms. The van der Waals surface area contributed by atoms with Gasteiger partial charge in [-0.1, -0.05) is 57.8 Å². The zero-order valence-electron chi connectivity index (χ0n) is 12.1. The summed E-state index contributed by atoms with van der Waals surface area (Å²) in [5.74, 6) is 0.